The van der Waals surface area contributed by atoms with E-state index in [0.29, 0.717) is 25.9 Å². The molecule has 0 aliphatic rings. The van der Waals surface area contributed by atoms with Gasteiger partial charge in [-0.1, -0.05) is 18.2 Å². The lowest BCUT2D eigenvalue weighted by Crippen LogP contribution is -2.06. The summed E-state index contributed by atoms with van der Waals surface area (Å²) in [6.07, 6.45) is 1.48. The SMILES string of the molecule is CCOC(=O)CCc1cccc(CC#N)c1C. The summed E-state index contributed by atoms with van der Waals surface area (Å²) < 4.78 is 4.89. The number of nitriles is 1. The van der Waals surface area contributed by atoms with Gasteiger partial charge < -0.3 is 4.74 Å². The molecule has 1 aromatic carbocycles. The zero-order valence-corrected chi connectivity index (χ0v) is 10.3. The minimum Gasteiger partial charge on any atom is -0.466 e. The van der Waals surface area contributed by atoms with Gasteiger partial charge in [-0.3, -0.25) is 4.79 Å². The molecular weight excluding hydrogens is 214 g/mol. The van der Waals surface area contributed by atoms with Gasteiger partial charge in [-0.2, -0.15) is 5.26 Å². The Hall–Kier alpha value is -1.82. The summed E-state index contributed by atoms with van der Waals surface area (Å²) in [5, 5.41) is 8.70. The zero-order chi connectivity index (χ0) is 12.7. The number of nitrogens with zero attached hydrogens (tertiary/aromatic N) is 1. The average Bonchev–Trinajstić information content (AvgIpc) is 2.31. The molecule has 1 aromatic rings. The molecule has 0 unspecified atom stereocenters. The second-order valence-corrected chi connectivity index (χ2v) is 3.84. The van der Waals surface area contributed by atoms with E-state index >= 15 is 0 Å². The summed E-state index contributed by atoms with van der Waals surface area (Å²) in [5.74, 6) is -0.169. The van der Waals surface area contributed by atoms with Crippen LogP contribution in [0.3, 0.4) is 0 Å². The van der Waals surface area contributed by atoms with Crippen molar-refractivity contribution in [2.75, 3.05) is 6.61 Å². The number of hydrogen-bond donors (Lipinski definition) is 0. The van der Waals surface area contributed by atoms with Gasteiger partial charge in [0.1, 0.15) is 0 Å². The van der Waals surface area contributed by atoms with Crippen LogP contribution < -0.4 is 0 Å². The number of benzene rings is 1. The van der Waals surface area contributed by atoms with Crippen LogP contribution in [0.2, 0.25) is 0 Å². The van der Waals surface area contributed by atoms with Gasteiger partial charge in [-0.05, 0) is 37.0 Å². The molecule has 0 radical (unpaired) electrons. The first-order valence-electron chi connectivity index (χ1n) is 5.79. The molecule has 0 atom stereocenters. The van der Waals surface area contributed by atoms with Crippen LogP contribution in [0, 0.1) is 18.3 Å². The first kappa shape index (κ1) is 13.2. The quantitative estimate of drug-likeness (QED) is 0.732. The summed E-state index contributed by atoms with van der Waals surface area (Å²) in [4.78, 5) is 11.3. The van der Waals surface area contributed by atoms with Gasteiger partial charge in [-0.25, -0.2) is 0 Å². The van der Waals surface area contributed by atoms with Crippen LogP contribution in [0.5, 0.6) is 0 Å². The molecule has 0 aliphatic heterocycles. The Labute approximate surface area is 102 Å². The molecule has 0 spiro atoms. The molecule has 0 saturated carbocycles. The van der Waals surface area contributed by atoms with E-state index in [1.54, 1.807) is 6.92 Å². The van der Waals surface area contributed by atoms with Gasteiger partial charge in [0, 0.05) is 6.42 Å². The molecular formula is C14H17NO2. The molecule has 0 bridgehead atoms. The Bertz CT molecular complexity index is 432. The predicted octanol–water partition coefficient (Wildman–Crippen LogP) is 2.56. The highest BCUT2D eigenvalue weighted by Crippen LogP contribution is 2.16. The minimum atomic E-state index is -0.169. The zero-order valence-electron chi connectivity index (χ0n) is 10.3. The largest absolute Gasteiger partial charge is 0.466 e. The monoisotopic (exact) mass is 231 g/mol. The third-order valence-electron chi connectivity index (χ3n) is 2.73. The average molecular weight is 231 g/mol. The molecule has 0 aliphatic carbocycles. The molecule has 0 saturated heterocycles. The van der Waals surface area contributed by atoms with E-state index in [1.165, 1.54) is 0 Å². The fraction of sp³-hybridized carbons (Fsp3) is 0.429. The Morgan fingerprint density at radius 3 is 2.76 bits per heavy atom. The van der Waals surface area contributed by atoms with E-state index in [0.717, 1.165) is 16.7 Å². The van der Waals surface area contributed by atoms with Gasteiger partial charge >= 0.3 is 5.97 Å². The normalized spacial score (nSPS) is 9.71. The molecule has 3 nitrogen and oxygen atoms in total. The van der Waals surface area contributed by atoms with Gasteiger partial charge in [0.05, 0.1) is 19.1 Å². The van der Waals surface area contributed by atoms with Crippen molar-refractivity contribution in [3.8, 4) is 6.07 Å². The Morgan fingerprint density at radius 2 is 2.12 bits per heavy atom. The maximum atomic E-state index is 11.3. The molecule has 0 N–H and O–H groups in total. The summed E-state index contributed by atoms with van der Waals surface area (Å²) in [6, 6.07) is 8.02. The second kappa shape index (κ2) is 6.70. The van der Waals surface area contributed by atoms with E-state index < -0.39 is 0 Å². The van der Waals surface area contributed by atoms with Crippen LogP contribution in [0.25, 0.3) is 0 Å². The fourth-order valence-corrected chi connectivity index (χ4v) is 1.75. The van der Waals surface area contributed by atoms with Gasteiger partial charge in [0.15, 0.2) is 0 Å². The van der Waals surface area contributed by atoms with Crippen molar-refractivity contribution < 1.29 is 9.53 Å². The lowest BCUT2D eigenvalue weighted by molar-refractivity contribution is -0.143. The van der Waals surface area contributed by atoms with Gasteiger partial charge in [0.2, 0.25) is 0 Å². The first-order chi connectivity index (χ1) is 8.19. The van der Waals surface area contributed by atoms with Gasteiger partial charge in [0.25, 0.3) is 0 Å². The summed E-state index contributed by atoms with van der Waals surface area (Å²) >= 11 is 0. The van der Waals surface area contributed by atoms with E-state index in [9.17, 15) is 4.79 Å². The van der Waals surface area contributed by atoms with Crippen LogP contribution in [-0.4, -0.2) is 12.6 Å². The summed E-state index contributed by atoms with van der Waals surface area (Å²) in [5.41, 5.74) is 3.26. The molecule has 0 fully saturated rings. The van der Waals surface area contributed by atoms with Crippen molar-refractivity contribution in [3.05, 3.63) is 34.9 Å². The molecule has 0 aromatic heterocycles. The summed E-state index contributed by atoms with van der Waals surface area (Å²) in [7, 11) is 0. The number of esters is 1. The van der Waals surface area contributed by atoms with Crippen molar-refractivity contribution in [2.24, 2.45) is 0 Å². The third kappa shape index (κ3) is 3.92. The minimum absolute atomic E-state index is 0.169. The van der Waals surface area contributed by atoms with Crippen molar-refractivity contribution in [1.82, 2.24) is 0 Å². The summed E-state index contributed by atoms with van der Waals surface area (Å²) in [6.45, 7) is 4.22. The van der Waals surface area contributed by atoms with Crippen molar-refractivity contribution in [1.29, 1.82) is 5.26 Å². The van der Waals surface area contributed by atoms with Crippen LogP contribution in [0.4, 0.5) is 0 Å². The maximum absolute atomic E-state index is 11.3. The van der Waals surface area contributed by atoms with E-state index in [2.05, 4.69) is 6.07 Å². The van der Waals surface area contributed by atoms with E-state index in [-0.39, 0.29) is 5.97 Å². The van der Waals surface area contributed by atoms with Crippen LogP contribution in [-0.2, 0) is 22.4 Å². The second-order valence-electron chi connectivity index (χ2n) is 3.84. The van der Waals surface area contributed by atoms with E-state index in [1.807, 2.05) is 25.1 Å². The predicted molar refractivity (Wildman–Crippen MR) is 65.5 cm³/mol. The van der Waals surface area contributed by atoms with Crippen molar-refractivity contribution >= 4 is 5.97 Å². The van der Waals surface area contributed by atoms with Crippen LogP contribution in [0.1, 0.15) is 30.0 Å². The molecule has 0 amide bonds. The number of hydrogen-bond acceptors (Lipinski definition) is 3. The first-order valence-corrected chi connectivity index (χ1v) is 5.79. The molecule has 90 valence electrons. The molecule has 1 rings (SSSR count). The number of aryl methyl sites for hydroxylation is 1. The number of rotatable bonds is 5. The standard InChI is InChI=1S/C14H17NO2/c1-3-17-14(16)8-7-12-5-4-6-13(9-10-15)11(12)2/h4-6H,3,7-9H2,1-2H3. The Kier molecular flexibility index (Phi) is 5.22. The number of carbonyl (C=O) groups is 1. The Morgan fingerprint density at radius 1 is 1.41 bits per heavy atom. The van der Waals surface area contributed by atoms with Crippen LogP contribution in [0.15, 0.2) is 18.2 Å². The topological polar surface area (TPSA) is 50.1 Å². The van der Waals surface area contributed by atoms with Gasteiger partial charge in [-0.15, -0.1) is 0 Å². The number of carbonyl (C=O) groups excluding carboxylic acids is 1. The smallest absolute Gasteiger partial charge is 0.306 e. The lowest BCUT2D eigenvalue weighted by Gasteiger charge is -2.09. The highest BCUT2D eigenvalue weighted by molar-refractivity contribution is 5.69. The lowest BCUT2D eigenvalue weighted by atomic mass is 9.97. The molecule has 17 heavy (non-hydrogen) atoms. The van der Waals surface area contributed by atoms with Crippen LogP contribution >= 0.6 is 0 Å². The fourth-order valence-electron chi connectivity index (χ4n) is 1.75. The Balaban J connectivity index is 2.69. The highest BCUT2D eigenvalue weighted by atomic mass is 16.5. The number of ether oxygens (including phenoxy) is 1. The van der Waals surface area contributed by atoms with Crippen molar-refractivity contribution in [2.45, 2.75) is 33.1 Å². The molecule has 0 heterocycles. The third-order valence-corrected chi connectivity index (χ3v) is 2.73. The van der Waals surface area contributed by atoms with Crippen molar-refractivity contribution in [3.63, 3.8) is 0 Å². The molecule has 3 heteroatoms. The van der Waals surface area contributed by atoms with E-state index in [4.69, 9.17) is 10.00 Å². The highest BCUT2D eigenvalue weighted by Gasteiger charge is 2.07. The maximum Gasteiger partial charge on any atom is 0.306 e.